The third-order valence-corrected chi connectivity index (χ3v) is 4.23. The van der Waals surface area contributed by atoms with Gasteiger partial charge in [-0.3, -0.25) is 9.69 Å². The summed E-state index contributed by atoms with van der Waals surface area (Å²) in [5.41, 5.74) is 1.27. The zero-order valence-electron chi connectivity index (χ0n) is 13.3. The van der Waals surface area contributed by atoms with E-state index in [1.807, 2.05) is 24.0 Å². The number of hydrogen-bond acceptors (Lipinski definition) is 3. The van der Waals surface area contributed by atoms with Gasteiger partial charge < -0.3 is 9.64 Å². The van der Waals surface area contributed by atoms with Crippen LogP contribution in [0.4, 0.5) is 0 Å². The molecule has 0 saturated carbocycles. The maximum Gasteiger partial charge on any atom is 0.222 e. The van der Waals surface area contributed by atoms with Crippen molar-refractivity contribution in [2.75, 3.05) is 33.3 Å². The first-order chi connectivity index (χ1) is 10.1. The smallest absolute Gasteiger partial charge is 0.222 e. The number of carbonyl (C=O) groups is 1. The summed E-state index contributed by atoms with van der Waals surface area (Å²) in [6.45, 7) is 7.53. The lowest BCUT2D eigenvalue weighted by Crippen LogP contribution is -2.35. The van der Waals surface area contributed by atoms with Gasteiger partial charge in [-0.25, -0.2) is 0 Å². The van der Waals surface area contributed by atoms with Gasteiger partial charge in [0.1, 0.15) is 5.75 Å². The van der Waals surface area contributed by atoms with Crippen LogP contribution in [0.15, 0.2) is 24.3 Å². The molecule has 1 fully saturated rings. The molecule has 1 aliphatic rings. The SMILES string of the molecule is CCOc1ccc([C@H](C)N(C)CCN2CCCC2=O)cc1. The molecule has 0 unspecified atom stereocenters. The molecule has 0 aromatic heterocycles. The summed E-state index contributed by atoms with van der Waals surface area (Å²) >= 11 is 0. The zero-order chi connectivity index (χ0) is 15.2. The van der Waals surface area contributed by atoms with Gasteiger partial charge in [0.05, 0.1) is 6.61 Å². The average Bonchev–Trinajstić information content (AvgIpc) is 2.90. The van der Waals surface area contributed by atoms with Crippen molar-refractivity contribution in [1.82, 2.24) is 9.80 Å². The summed E-state index contributed by atoms with van der Waals surface area (Å²) in [7, 11) is 2.11. The summed E-state index contributed by atoms with van der Waals surface area (Å²) < 4.78 is 5.47. The molecule has 0 radical (unpaired) electrons. The number of nitrogens with zero attached hydrogens (tertiary/aromatic N) is 2. The molecule has 2 rings (SSSR count). The van der Waals surface area contributed by atoms with Crippen molar-refractivity contribution in [2.45, 2.75) is 32.7 Å². The minimum absolute atomic E-state index is 0.303. The van der Waals surface area contributed by atoms with Crippen LogP contribution in [0, 0.1) is 0 Å². The first-order valence-corrected chi connectivity index (χ1v) is 7.82. The molecule has 0 aliphatic carbocycles. The maximum atomic E-state index is 11.6. The van der Waals surface area contributed by atoms with E-state index in [0.29, 0.717) is 18.6 Å². The van der Waals surface area contributed by atoms with Crippen molar-refractivity contribution in [1.29, 1.82) is 0 Å². The molecule has 4 heteroatoms. The summed E-state index contributed by atoms with van der Waals surface area (Å²) in [6.07, 6.45) is 1.73. The topological polar surface area (TPSA) is 32.8 Å². The Balaban J connectivity index is 1.86. The van der Waals surface area contributed by atoms with E-state index in [1.165, 1.54) is 5.56 Å². The van der Waals surface area contributed by atoms with Gasteiger partial charge in [-0.15, -0.1) is 0 Å². The van der Waals surface area contributed by atoms with Gasteiger partial charge in [0.25, 0.3) is 0 Å². The maximum absolute atomic E-state index is 11.6. The number of amides is 1. The molecule has 1 amide bonds. The molecule has 0 bridgehead atoms. The Bertz CT molecular complexity index is 458. The minimum atomic E-state index is 0.303. The van der Waals surface area contributed by atoms with Crippen molar-refractivity contribution in [3.05, 3.63) is 29.8 Å². The second kappa shape index (κ2) is 7.46. The molecule has 1 atom stereocenters. The zero-order valence-corrected chi connectivity index (χ0v) is 13.3. The van der Waals surface area contributed by atoms with E-state index in [2.05, 4.69) is 31.0 Å². The Morgan fingerprint density at radius 2 is 2.05 bits per heavy atom. The van der Waals surface area contributed by atoms with Crippen molar-refractivity contribution >= 4 is 5.91 Å². The fraction of sp³-hybridized carbons (Fsp3) is 0.588. The third kappa shape index (κ3) is 4.21. The van der Waals surface area contributed by atoms with Crippen LogP contribution in [0.1, 0.15) is 38.3 Å². The molecule has 21 heavy (non-hydrogen) atoms. The van der Waals surface area contributed by atoms with Gasteiger partial charge in [0.15, 0.2) is 0 Å². The van der Waals surface area contributed by atoms with E-state index in [4.69, 9.17) is 4.74 Å². The third-order valence-electron chi connectivity index (χ3n) is 4.23. The highest BCUT2D eigenvalue weighted by Crippen LogP contribution is 2.22. The molecule has 1 aromatic carbocycles. The predicted molar refractivity (Wildman–Crippen MR) is 84.5 cm³/mol. The highest BCUT2D eigenvalue weighted by Gasteiger charge is 2.21. The second-order valence-electron chi connectivity index (χ2n) is 5.64. The van der Waals surface area contributed by atoms with Gasteiger partial charge >= 0.3 is 0 Å². The van der Waals surface area contributed by atoms with Gasteiger partial charge in [-0.1, -0.05) is 12.1 Å². The van der Waals surface area contributed by atoms with E-state index >= 15 is 0 Å². The quantitative estimate of drug-likeness (QED) is 0.774. The number of ether oxygens (including phenoxy) is 1. The Morgan fingerprint density at radius 3 is 2.62 bits per heavy atom. The highest BCUT2D eigenvalue weighted by atomic mass is 16.5. The monoisotopic (exact) mass is 290 g/mol. The van der Waals surface area contributed by atoms with Crippen LogP contribution in [-0.2, 0) is 4.79 Å². The van der Waals surface area contributed by atoms with Crippen LogP contribution >= 0.6 is 0 Å². The molecule has 4 nitrogen and oxygen atoms in total. The average molecular weight is 290 g/mol. The van der Waals surface area contributed by atoms with Crippen molar-refractivity contribution < 1.29 is 9.53 Å². The Labute approximate surface area is 127 Å². The Hall–Kier alpha value is -1.55. The van der Waals surface area contributed by atoms with Gasteiger partial charge in [-0.05, 0) is 45.0 Å². The molecular weight excluding hydrogens is 264 g/mol. The number of carbonyl (C=O) groups excluding carboxylic acids is 1. The van der Waals surface area contributed by atoms with Crippen LogP contribution in [0.5, 0.6) is 5.75 Å². The lowest BCUT2D eigenvalue weighted by molar-refractivity contribution is -0.127. The van der Waals surface area contributed by atoms with Gasteiger partial charge in [0, 0.05) is 32.1 Å². The minimum Gasteiger partial charge on any atom is -0.494 e. The summed E-state index contributed by atoms with van der Waals surface area (Å²) in [4.78, 5) is 15.9. The number of benzene rings is 1. The normalized spacial score (nSPS) is 16.6. The first kappa shape index (κ1) is 15.8. The largest absolute Gasteiger partial charge is 0.494 e. The van der Waals surface area contributed by atoms with Crippen LogP contribution in [0.3, 0.4) is 0 Å². The lowest BCUT2D eigenvalue weighted by Gasteiger charge is -2.27. The Morgan fingerprint density at radius 1 is 1.33 bits per heavy atom. The van der Waals surface area contributed by atoms with E-state index in [9.17, 15) is 4.79 Å². The predicted octanol–water partition coefficient (Wildman–Crippen LogP) is 2.70. The number of likely N-dealkylation sites (tertiary alicyclic amines) is 1. The Kier molecular flexibility index (Phi) is 5.62. The van der Waals surface area contributed by atoms with Crippen molar-refractivity contribution in [2.24, 2.45) is 0 Å². The number of likely N-dealkylation sites (N-methyl/N-ethyl adjacent to an activating group) is 1. The van der Waals surface area contributed by atoms with E-state index in [1.54, 1.807) is 0 Å². The second-order valence-corrected chi connectivity index (χ2v) is 5.64. The van der Waals surface area contributed by atoms with Gasteiger partial charge in [-0.2, -0.15) is 0 Å². The van der Waals surface area contributed by atoms with Gasteiger partial charge in [0.2, 0.25) is 5.91 Å². The number of hydrogen-bond donors (Lipinski definition) is 0. The lowest BCUT2D eigenvalue weighted by atomic mass is 10.1. The molecule has 0 spiro atoms. The molecular formula is C17H26N2O2. The van der Waals surface area contributed by atoms with E-state index in [-0.39, 0.29) is 0 Å². The van der Waals surface area contributed by atoms with Crippen LogP contribution in [0.25, 0.3) is 0 Å². The molecule has 0 N–H and O–H groups in total. The highest BCUT2D eigenvalue weighted by molar-refractivity contribution is 5.78. The van der Waals surface area contributed by atoms with Crippen LogP contribution in [0.2, 0.25) is 0 Å². The molecule has 1 heterocycles. The molecule has 1 aliphatic heterocycles. The standard InChI is InChI=1S/C17H26N2O2/c1-4-21-16-9-7-15(8-10-16)14(2)18(3)12-13-19-11-5-6-17(19)20/h7-10,14H,4-6,11-13H2,1-3H3/t14-/m0/s1. The first-order valence-electron chi connectivity index (χ1n) is 7.82. The molecule has 116 valence electrons. The van der Waals surface area contributed by atoms with Crippen LogP contribution < -0.4 is 4.74 Å². The fourth-order valence-electron chi connectivity index (χ4n) is 2.68. The van der Waals surface area contributed by atoms with E-state index < -0.39 is 0 Å². The summed E-state index contributed by atoms with van der Waals surface area (Å²) in [5, 5.41) is 0. The fourth-order valence-corrected chi connectivity index (χ4v) is 2.68. The van der Waals surface area contributed by atoms with Crippen LogP contribution in [-0.4, -0.2) is 49.0 Å². The van der Waals surface area contributed by atoms with Crippen molar-refractivity contribution in [3.8, 4) is 5.75 Å². The number of rotatable bonds is 7. The summed E-state index contributed by atoms with van der Waals surface area (Å²) in [5.74, 6) is 1.22. The molecule has 1 saturated heterocycles. The summed E-state index contributed by atoms with van der Waals surface area (Å²) in [6, 6.07) is 8.61. The molecule has 1 aromatic rings. The van der Waals surface area contributed by atoms with Crippen molar-refractivity contribution in [3.63, 3.8) is 0 Å². The van der Waals surface area contributed by atoms with E-state index in [0.717, 1.165) is 38.2 Å².